The van der Waals surface area contributed by atoms with Crippen LogP contribution in [-0.4, -0.2) is 30.2 Å². The molecular weight excluding hydrogens is 242 g/mol. The first kappa shape index (κ1) is 14.0. The zero-order valence-corrected chi connectivity index (χ0v) is 11.7. The lowest BCUT2D eigenvalue weighted by molar-refractivity contribution is -0.136. The summed E-state index contributed by atoms with van der Waals surface area (Å²) in [6.07, 6.45) is 0.842. The lowest BCUT2D eigenvalue weighted by atomic mass is 10.5. The van der Waals surface area contributed by atoms with Crippen molar-refractivity contribution in [2.45, 2.75) is 37.8 Å². The van der Waals surface area contributed by atoms with Crippen molar-refractivity contribution >= 4 is 23.1 Å². The van der Waals surface area contributed by atoms with E-state index in [4.69, 9.17) is 9.47 Å². The number of thioether (sulfide) groups is 1. The highest BCUT2D eigenvalue weighted by atomic mass is 32.2. The van der Waals surface area contributed by atoms with E-state index in [1.165, 1.54) is 0 Å². The van der Waals surface area contributed by atoms with Gasteiger partial charge in [0.1, 0.15) is 4.34 Å². The van der Waals surface area contributed by atoms with Crippen molar-refractivity contribution in [3.8, 4) is 0 Å². The normalized spacial score (nSPS) is 11.2. The van der Waals surface area contributed by atoms with Gasteiger partial charge in [-0.2, -0.15) is 0 Å². The van der Waals surface area contributed by atoms with Crippen LogP contribution in [0, 0.1) is 6.92 Å². The summed E-state index contributed by atoms with van der Waals surface area (Å²) in [5, 5.41) is 2.07. The molecule has 0 saturated heterocycles. The maximum absolute atomic E-state index is 5.47. The molecule has 1 rings (SSSR count). The second kappa shape index (κ2) is 8.06. The molecule has 92 valence electrons. The van der Waals surface area contributed by atoms with Crippen LogP contribution in [0.2, 0.25) is 0 Å². The molecule has 0 fully saturated rings. The first-order chi connectivity index (χ1) is 7.76. The van der Waals surface area contributed by atoms with Crippen LogP contribution >= 0.6 is 23.1 Å². The van der Waals surface area contributed by atoms with Gasteiger partial charge in [0, 0.05) is 36.5 Å². The van der Waals surface area contributed by atoms with Crippen molar-refractivity contribution in [3.63, 3.8) is 0 Å². The maximum atomic E-state index is 5.47. The molecule has 3 nitrogen and oxygen atoms in total. The van der Waals surface area contributed by atoms with Gasteiger partial charge in [0.25, 0.3) is 0 Å². The molecule has 0 atom stereocenters. The minimum Gasteiger partial charge on any atom is -0.353 e. The molecule has 1 aromatic heterocycles. The minimum absolute atomic E-state index is 0.0661. The third-order valence-corrected chi connectivity index (χ3v) is 4.05. The number of aryl methyl sites for hydroxylation is 1. The number of thiazole rings is 1. The highest BCUT2D eigenvalue weighted by Crippen LogP contribution is 2.23. The highest BCUT2D eigenvalue weighted by Gasteiger charge is 2.08. The molecule has 0 aliphatic rings. The zero-order chi connectivity index (χ0) is 11.8. The Morgan fingerprint density at radius 1 is 1.38 bits per heavy atom. The highest BCUT2D eigenvalue weighted by molar-refractivity contribution is 8.01. The van der Waals surface area contributed by atoms with E-state index in [2.05, 4.69) is 10.4 Å². The van der Waals surface area contributed by atoms with Crippen LogP contribution in [0.3, 0.4) is 0 Å². The van der Waals surface area contributed by atoms with E-state index >= 15 is 0 Å². The first-order valence-corrected chi connectivity index (χ1v) is 7.40. The van der Waals surface area contributed by atoms with Gasteiger partial charge in [-0.05, 0) is 20.8 Å². The molecule has 0 N–H and O–H groups in total. The van der Waals surface area contributed by atoms with E-state index in [0.29, 0.717) is 13.2 Å². The molecule has 0 spiro atoms. The Labute approximate surface area is 106 Å². The largest absolute Gasteiger partial charge is 0.353 e. The second-order valence-electron chi connectivity index (χ2n) is 3.23. The SMILES string of the molecule is CCOC(CCSc1nc(C)cs1)OCC. The number of rotatable bonds is 8. The number of hydrogen-bond acceptors (Lipinski definition) is 5. The summed E-state index contributed by atoms with van der Waals surface area (Å²) in [6.45, 7) is 7.40. The molecule has 0 radical (unpaired) electrons. The Morgan fingerprint density at radius 3 is 2.56 bits per heavy atom. The van der Waals surface area contributed by atoms with Gasteiger partial charge in [0.05, 0.1) is 0 Å². The summed E-state index contributed by atoms with van der Waals surface area (Å²) in [4.78, 5) is 4.40. The fraction of sp³-hybridized carbons (Fsp3) is 0.727. The molecular formula is C11H19NO2S2. The van der Waals surface area contributed by atoms with Gasteiger partial charge in [-0.3, -0.25) is 0 Å². The van der Waals surface area contributed by atoms with Crippen molar-refractivity contribution < 1.29 is 9.47 Å². The summed E-state index contributed by atoms with van der Waals surface area (Å²) < 4.78 is 12.1. The Bertz CT molecular complexity index is 285. The molecule has 0 amide bonds. The van der Waals surface area contributed by atoms with Crippen LogP contribution in [0.5, 0.6) is 0 Å². The Hall–Kier alpha value is -0.100. The van der Waals surface area contributed by atoms with Crippen LogP contribution in [0.1, 0.15) is 26.0 Å². The maximum Gasteiger partial charge on any atom is 0.158 e. The Balaban J connectivity index is 2.21. The van der Waals surface area contributed by atoms with Crippen molar-refractivity contribution in [3.05, 3.63) is 11.1 Å². The van der Waals surface area contributed by atoms with Gasteiger partial charge in [-0.1, -0.05) is 11.8 Å². The van der Waals surface area contributed by atoms with Gasteiger partial charge < -0.3 is 9.47 Å². The molecule has 0 aromatic carbocycles. The summed E-state index contributed by atoms with van der Waals surface area (Å²) in [5.41, 5.74) is 1.10. The molecule has 1 heterocycles. The fourth-order valence-corrected chi connectivity index (χ4v) is 3.11. The molecule has 0 aliphatic heterocycles. The molecule has 1 aromatic rings. The number of ether oxygens (including phenoxy) is 2. The van der Waals surface area contributed by atoms with Gasteiger partial charge >= 0.3 is 0 Å². The quantitative estimate of drug-likeness (QED) is 0.530. The molecule has 0 aliphatic carbocycles. The van der Waals surface area contributed by atoms with Crippen molar-refractivity contribution in [2.24, 2.45) is 0 Å². The first-order valence-electron chi connectivity index (χ1n) is 5.54. The molecule has 16 heavy (non-hydrogen) atoms. The average molecular weight is 261 g/mol. The van der Waals surface area contributed by atoms with Gasteiger partial charge in [0.2, 0.25) is 0 Å². The molecule has 0 unspecified atom stereocenters. The van der Waals surface area contributed by atoms with E-state index in [9.17, 15) is 0 Å². The van der Waals surface area contributed by atoms with Crippen LogP contribution in [0.15, 0.2) is 9.72 Å². The fourth-order valence-electron chi connectivity index (χ4n) is 1.23. The van der Waals surface area contributed by atoms with Gasteiger partial charge in [-0.15, -0.1) is 11.3 Å². The lowest BCUT2D eigenvalue weighted by Gasteiger charge is -2.15. The van der Waals surface area contributed by atoms with E-state index in [1.54, 1.807) is 23.1 Å². The monoisotopic (exact) mass is 261 g/mol. The number of nitrogens with zero attached hydrogens (tertiary/aromatic N) is 1. The predicted molar refractivity (Wildman–Crippen MR) is 69.2 cm³/mol. The molecule has 0 saturated carbocycles. The van der Waals surface area contributed by atoms with Gasteiger partial charge in [0.15, 0.2) is 6.29 Å². The van der Waals surface area contributed by atoms with Crippen LogP contribution < -0.4 is 0 Å². The zero-order valence-electron chi connectivity index (χ0n) is 10.1. The van der Waals surface area contributed by atoms with Crippen LogP contribution in [-0.2, 0) is 9.47 Å². The van der Waals surface area contributed by atoms with Crippen LogP contribution in [0.4, 0.5) is 0 Å². The predicted octanol–water partition coefficient (Wildman–Crippen LogP) is 3.33. The second-order valence-corrected chi connectivity index (χ2v) is 5.43. The smallest absolute Gasteiger partial charge is 0.158 e. The topological polar surface area (TPSA) is 31.4 Å². The summed E-state index contributed by atoms with van der Waals surface area (Å²) in [6, 6.07) is 0. The van der Waals surface area contributed by atoms with Crippen molar-refractivity contribution in [2.75, 3.05) is 19.0 Å². The summed E-state index contributed by atoms with van der Waals surface area (Å²) >= 11 is 3.47. The Morgan fingerprint density at radius 2 is 2.06 bits per heavy atom. The molecule has 5 heteroatoms. The standard InChI is InChI=1S/C11H19NO2S2/c1-4-13-10(14-5-2)6-7-15-11-12-9(3)8-16-11/h8,10H,4-7H2,1-3H3. The third kappa shape index (κ3) is 5.30. The van der Waals surface area contributed by atoms with Crippen molar-refractivity contribution in [1.82, 2.24) is 4.98 Å². The van der Waals surface area contributed by atoms with Crippen molar-refractivity contribution in [1.29, 1.82) is 0 Å². The lowest BCUT2D eigenvalue weighted by Crippen LogP contribution is -2.18. The summed E-state index contributed by atoms with van der Waals surface area (Å²) in [5.74, 6) is 0.984. The number of aromatic nitrogens is 1. The van der Waals surface area contributed by atoms with E-state index in [-0.39, 0.29) is 6.29 Å². The third-order valence-electron chi connectivity index (χ3n) is 1.88. The number of hydrogen-bond donors (Lipinski definition) is 0. The minimum atomic E-state index is -0.0661. The van der Waals surface area contributed by atoms with Crippen LogP contribution in [0.25, 0.3) is 0 Å². The Kier molecular flexibility index (Phi) is 7.03. The van der Waals surface area contributed by atoms with Gasteiger partial charge in [-0.25, -0.2) is 4.98 Å². The summed E-state index contributed by atoms with van der Waals surface area (Å²) in [7, 11) is 0. The van der Waals surface area contributed by atoms with E-state index < -0.39 is 0 Å². The average Bonchev–Trinajstić information content (AvgIpc) is 2.65. The van der Waals surface area contributed by atoms with E-state index in [1.807, 2.05) is 20.8 Å². The molecule has 0 bridgehead atoms. The van der Waals surface area contributed by atoms with E-state index in [0.717, 1.165) is 22.2 Å².